The number of hydrogen-bond donors (Lipinski definition) is 2. The van der Waals surface area contributed by atoms with Crippen molar-refractivity contribution in [2.24, 2.45) is 7.05 Å². The van der Waals surface area contributed by atoms with Crippen LogP contribution in [0.4, 0.5) is 0 Å². The van der Waals surface area contributed by atoms with Crippen LogP contribution in [0.2, 0.25) is 0 Å². The molecule has 19 heavy (non-hydrogen) atoms. The highest BCUT2D eigenvalue weighted by Gasteiger charge is 2.23. The van der Waals surface area contributed by atoms with Gasteiger partial charge in [-0.25, -0.2) is 0 Å². The highest BCUT2D eigenvalue weighted by atomic mass is 32.2. The Balaban J connectivity index is 2.06. The van der Waals surface area contributed by atoms with Crippen LogP contribution in [0.1, 0.15) is 32.6 Å². The van der Waals surface area contributed by atoms with E-state index in [4.69, 9.17) is 0 Å². The molecule has 0 amide bonds. The third-order valence-electron chi connectivity index (χ3n) is 3.34. The molecule has 2 rings (SSSR count). The molecule has 0 bridgehead atoms. The zero-order chi connectivity index (χ0) is 13.8. The van der Waals surface area contributed by atoms with E-state index in [0.29, 0.717) is 16.4 Å². The smallest absolute Gasteiger partial charge is 0.314 e. The van der Waals surface area contributed by atoms with Crippen LogP contribution in [0.25, 0.3) is 0 Å². The van der Waals surface area contributed by atoms with E-state index in [9.17, 15) is 9.59 Å². The maximum absolute atomic E-state index is 11.3. The molecule has 0 saturated heterocycles. The molecule has 7 heteroatoms. The van der Waals surface area contributed by atoms with Gasteiger partial charge in [-0.3, -0.25) is 19.4 Å². The van der Waals surface area contributed by atoms with Crippen molar-refractivity contribution < 1.29 is 0 Å². The van der Waals surface area contributed by atoms with Crippen LogP contribution in [0.5, 0.6) is 0 Å². The quantitative estimate of drug-likeness (QED) is 0.786. The normalized spacial score (nSPS) is 23.5. The Labute approximate surface area is 116 Å². The van der Waals surface area contributed by atoms with Crippen LogP contribution in [0, 0.1) is 0 Å². The maximum atomic E-state index is 11.3. The first-order valence-corrected chi connectivity index (χ1v) is 7.55. The zero-order valence-electron chi connectivity index (χ0n) is 11.3. The molecule has 106 valence electrons. The van der Waals surface area contributed by atoms with Crippen molar-refractivity contribution >= 4 is 11.8 Å². The topological polar surface area (TPSA) is 79.8 Å². The molecule has 0 aromatic carbocycles. The van der Waals surface area contributed by atoms with Gasteiger partial charge in [0.25, 0.3) is 0 Å². The predicted molar refractivity (Wildman–Crippen MR) is 75.7 cm³/mol. The second-order valence-corrected chi connectivity index (χ2v) is 6.13. The Bertz CT molecular complexity index is 537. The van der Waals surface area contributed by atoms with E-state index in [0.717, 1.165) is 19.4 Å². The summed E-state index contributed by atoms with van der Waals surface area (Å²) in [5.41, 5.74) is -1.37. The Hall–Kier alpha value is -1.08. The molecule has 1 aromatic rings. The minimum Gasteiger partial charge on any atom is -0.314 e. The second kappa shape index (κ2) is 6.38. The molecular weight excluding hydrogens is 264 g/mol. The van der Waals surface area contributed by atoms with Crippen LogP contribution < -0.4 is 16.4 Å². The minimum absolute atomic E-state index is 0.446. The summed E-state index contributed by atoms with van der Waals surface area (Å²) in [6, 6.07) is 0.552. The third kappa shape index (κ3) is 3.70. The SMILES string of the molecule is CCNC1CCCC(Sc2nc(=O)c(=O)[nH]n2C)C1. The first-order chi connectivity index (χ1) is 9.10. The molecule has 2 unspecified atom stereocenters. The van der Waals surface area contributed by atoms with Gasteiger partial charge < -0.3 is 5.32 Å². The Kier molecular flexibility index (Phi) is 4.81. The number of thioether (sulfide) groups is 1. The number of aryl methyl sites for hydroxylation is 1. The summed E-state index contributed by atoms with van der Waals surface area (Å²) in [7, 11) is 1.71. The molecule has 0 aliphatic heterocycles. The summed E-state index contributed by atoms with van der Waals surface area (Å²) in [5.74, 6) is 0. The molecule has 1 fully saturated rings. The van der Waals surface area contributed by atoms with E-state index < -0.39 is 11.1 Å². The van der Waals surface area contributed by atoms with E-state index in [-0.39, 0.29) is 0 Å². The molecule has 1 aromatic heterocycles. The lowest BCUT2D eigenvalue weighted by molar-refractivity contribution is 0.387. The number of aromatic nitrogens is 3. The summed E-state index contributed by atoms with van der Waals surface area (Å²) in [6.45, 7) is 3.10. The van der Waals surface area contributed by atoms with Crippen molar-refractivity contribution in [2.45, 2.75) is 49.1 Å². The fourth-order valence-corrected chi connectivity index (χ4v) is 3.69. The zero-order valence-corrected chi connectivity index (χ0v) is 12.1. The van der Waals surface area contributed by atoms with Gasteiger partial charge in [0, 0.05) is 18.3 Å². The van der Waals surface area contributed by atoms with Gasteiger partial charge in [0.2, 0.25) is 0 Å². The van der Waals surface area contributed by atoms with E-state index in [1.165, 1.54) is 17.5 Å². The lowest BCUT2D eigenvalue weighted by Crippen LogP contribution is -2.36. The molecule has 0 radical (unpaired) electrons. The molecule has 6 nitrogen and oxygen atoms in total. The van der Waals surface area contributed by atoms with Crippen LogP contribution in [0.3, 0.4) is 0 Å². The standard InChI is InChI=1S/C12H20N4O2S/c1-3-13-8-5-4-6-9(7-8)19-12-14-10(17)11(18)15-16(12)2/h8-9,13H,3-7H2,1-2H3,(H,15,18). The molecule has 2 N–H and O–H groups in total. The van der Waals surface area contributed by atoms with Gasteiger partial charge in [0.1, 0.15) is 0 Å². The van der Waals surface area contributed by atoms with E-state index in [1.807, 2.05) is 0 Å². The summed E-state index contributed by atoms with van der Waals surface area (Å²) in [4.78, 5) is 26.3. The first-order valence-electron chi connectivity index (χ1n) is 6.67. The fraction of sp³-hybridized carbons (Fsp3) is 0.750. The molecular formula is C12H20N4O2S. The Morgan fingerprint density at radius 1 is 1.47 bits per heavy atom. The average molecular weight is 284 g/mol. The fourth-order valence-electron chi connectivity index (χ4n) is 2.44. The lowest BCUT2D eigenvalue weighted by Gasteiger charge is -2.29. The largest absolute Gasteiger partial charge is 0.339 e. The van der Waals surface area contributed by atoms with Gasteiger partial charge >= 0.3 is 11.1 Å². The molecule has 2 atom stereocenters. The summed E-state index contributed by atoms with van der Waals surface area (Å²) < 4.78 is 1.53. The second-order valence-electron chi connectivity index (χ2n) is 4.86. The van der Waals surface area contributed by atoms with Gasteiger partial charge in [-0.1, -0.05) is 25.1 Å². The number of hydrogen-bond acceptors (Lipinski definition) is 5. The third-order valence-corrected chi connectivity index (χ3v) is 4.68. The van der Waals surface area contributed by atoms with Crippen LogP contribution in [-0.2, 0) is 7.05 Å². The van der Waals surface area contributed by atoms with Crippen molar-refractivity contribution in [1.29, 1.82) is 0 Å². The highest BCUT2D eigenvalue weighted by Crippen LogP contribution is 2.31. The maximum Gasteiger partial charge on any atom is 0.339 e. The molecule has 1 aliphatic rings. The number of nitrogens with zero attached hydrogens (tertiary/aromatic N) is 2. The molecule has 1 aliphatic carbocycles. The highest BCUT2D eigenvalue weighted by molar-refractivity contribution is 7.99. The number of H-pyrrole nitrogens is 1. The Morgan fingerprint density at radius 2 is 2.26 bits per heavy atom. The average Bonchev–Trinajstić information content (AvgIpc) is 2.37. The number of aromatic amines is 1. The lowest BCUT2D eigenvalue weighted by atomic mass is 9.95. The van der Waals surface area contributed by atoms with Gasteiger partial charge in [-0.2, -0.15) is 4.98 Å². The minimum atomic E-state index is -0.709. The Morgan fingerprint density at radius 3 is 3.00 bits per heavy atom. The van der Waals surface area contributed by atoms with E-state index in [1.54, 1.807) is 18.8 Å². The van der Waals surface area contributed by atoms with Crippen LogP contribution in [0.15, 0.2) is 14.7 Å². The monoisotopic (exact) mass is 284 g/mol. The van der Waals surface area contributed by atoms with Crippen LogP contribution >= 0.6 is 11.8 Å². The summed E-state index contributed by atoms with van der Waals surface area (Å²) in [6.07, 6.45) is 4.60. The van der Waals surface area contributed by atoms with Gasteiger partial charge in [-0.05, 0) is 25.8 Å². The van der Waals surface area contributed by atoms with Crippen molar-refractivity contribution in [3.63, 3.8) is 0 Å². The van der Waals surface area contributed by atoms with E-state index >= 15 is 0 Å². The first kappa shape index (κ1) is 14.3. The van der Waals surface area contributed by atoms with Gasteiger partial charge in [0.05, 0.1) is 0 Å². The van der Waals surface area contributed by atoms with Crippen LogP contribution in [-0.4, -0.2) is 32.6 Å². The van der Waals surface area contributed by atoms with Gasteiger partial charge in [0.15, 0.2) is 5.16 Å². The van der Waals surface area contributed by atoms with Gasteiger partial charge in [-0.15, -0.1) is 0 Å². The number of rotatable bonds is 4. The summed E-state index contributed by atoms with van der Waals surface area (Å²) in [5, 5.41) is 6.99. The number of nitrogens with one attached hydrogen (secondary N) is 2. The van der Waals surface area contributed by atoms with E-state index in [2.05, 4.69) is 22.3 Å². The molecule has 1 heterocycles. The predicted octanol–water partition coefficient (Wildman–Crippen LogP) is 0.481. The molecule has 1 saturated carbocycles. The van der Waals surface area contributed by atoms with Crippen molar-refractivity contribution in [3.05, 3.63) is 20.7 Å². The summed E-state index contributed by atoms with van der Waals surface area (Å²) >= 11 is 1.59. The molecule has 0 spiro atoms. The van der Waals surface area contributed by atoms with Crippen molar-refractivity contribution in [3.8, 4) is 0 Å². The van der Waals surface area contributed by atoms with Crippen molar-refractivity contribution in [2.75, 3.05) is 6.54 Å². The van der Waals surface area contributed by atoms with Crippen molar-refractivity contribution in [1.82, 2.24) is 20.1 Å².